The van der Waals surface area contributed by atoms with Crippen LogP contribution in [0.2, 0.25) is 0 Å². The number of piperidine rings is 1. The number of rotatable bonds is 5. The second-order valence-electron chi connectivity index (χ2n) is 5.31. The largest absolute Gasteiger partial charge is 0.504 e. The third-order valence-corrected chi connectivity index (χ3v) is 3.86. The lowest BCUT2D eigenvalue weighted by molar-refractivity contribution is -0.149. The number of methoxy groups -OCH3 is 1. The summed E-state index contributed by atoms with van der Waals surface area (Å²) in [6.45, 7) is 4.80. The van der Waals surface area contributed by atoms with Gasteiger partial charge < -0.3 is 14.6 Å². The van der Waals surface area contributed by atoms with E-state index in [9.17, 15) is 9.90 Å². The van der Waals surface area contributed by atoms with Crippen LogP contribution in [0.5, 0.6) is 11.5 Å². The smallest absolute Gasteiger partial charge is 0.309 e. The second kappa shape index (κ2) is 7.31. The fraction of sp³-hybridized carbons (Fsp3) is 0.562. The zero-order valence-corrected chi connectivity index (χ0v) is 12.7. The van der Waals surface area contributed by atoms with Crippen molar-refractivity contribution in [2.75, 3.05) is 26.8 Å². The molecule has 1 aromatic carbocycles. The van der Waals surface area contributed by atoms with E-state index in [1.54, 1.807) is 12.1 Å². The number of nitrogens with zero attached hydrogens (tertiary/aromatic N) is 1. The molecule has 21 heavy (non-hydrogen) atoms. The number of benzene rings is 1. The monoisotopic (exact) mass is 293 g/mol. The molecule has 1 N–H and O–H groups in total. The minimum Gasteiger partial charge on any atom is -0.504 e. The van der Waals surface area contributed by atoms with Crippen molar-refractivity contribution in [1.82, 2.24) is 4.90 Å². The molecule has 0 amide bonds. The fourth-order valence-corrected chi connectivity index (χ4v) is 2.68. The van der Waals surface area contributed by atoms with Crippen molar-refractivity contribution in [2.24, 2.45) is 5.92 Å². The van der Waals surface area contributed by atoms with Crippen LogP contribution in [-0.4, -0.2) is 42.8 Å². The zero-order valence-electron chi connectivity index (χ0n) is 12.7. The molecule has 116 valence electrons. The Bertz CT molecular complexity index is 481. The van der Waals surface area contributed by atoms with E-state index in [0.29, 0.717) is 12.4 Å². The maximum absolute atomic E-state index is 11.7. The third kappa shape index (κ3) is 4.11. The molecule has 0 aromatic heterocycles. The van der Waals surface area contributed by atoms with Crippen LogP contribution < -0.4 is 4.74 Å². The van der Waals surface area contributed by atoms with Crippen molar-refractivity contribution in [3.8, 4) is 11.5 Å². The van der Waals surface area contributed by atoms with Gasteiger partial charge in [-0.3, -0.25) is 9.69 Å². The van der Waals surface area contributed by atoms with E-state index >= 15 is 0 Å². The predicted molar refractivity (Wildman–Crippen MR) is 79.3 cm³/mol. The summed E-state index contributed by atoms with van der Waals surface area (Å²) in [5, 5.41) is 9.79. The Labute approximate surface area is 125 Å². The molecular weight excluding hydrogens is 270 g/mol. The summed E-state index contributed by atoms with van der Waals surface area (Å²) >= 11 is 0. The maximum Gasteiger partial charge on any atom is 0.309 e. The zero-order chi connectivity index (χ0) is 15.2. The van der Waals surface area contributed by atoms with Gasteiger partial charge in [0.1, 0.15) is 0 Å². The normalized spacial score (nSPS) is 16.7. The molecule has 1 aromatic rings. The van der Waals surface area contributed by atoms with Crippen molar-refractivity contribution in [3.63, 3.8) is 0 Å². The Morgan fingerprint density at radius 3 is 2.67 bits per heavy atom. The topological polar surface area (TPSA) is 59.0 Å². The number of phenolic OH excluding ortho intramolecular Hbond substituents is 1. The average molecular weight is 293 g/mol. The highest BCUT2D eigenvalue weighted by Crippen LogP contribution is 2.27. The van der Waals surface area contributed by atoms with Gasteiger partial charge in [0.25, 0.3) is 0 Å². The first kappa shape index (κ1) is 15.6. The van der Waals surface area contributed by atoms with E-state index in [-0.39, 0.29) is 17.6 Å². The number of likely N-dealkylation sites (tertiary alicyclic amines) is 1. The number of hydrogen-bond donors (Lipinski definition) is 1. The van der Waals surface area contributed by atoms with Gasteiger partial charge in [0.05, 0.1) is 19.6 Å². The first-order valence-electron chi connectivity index (χ1n) is 7.39. The lowest BCUT2D eigenvalue weighted by Crippen LogP contribution is -2.36. The van der Waals surface area contributed by atoms with Crippen LogP contribution in [0.3, 0.4) is 0 Å². The van der Waals surface area contributed by atoms with E-state index in [2.05, 4.69) is 4.90 Å². The van der Waals surface area contributed by atoms with Gasteiger partial charge in [-0.2, -0.15) is 0 Å². The number of aromatic hydroxyl groups is 1. The molecule has 0 unspecified atom stereocenters. The van der Waals surface area contributed by atoms with Gasteiger partial charge in [0, 0.05) is 6.54 Å². The number of hydrogen-bond acceptors (Lipinski definition) is 5. The standard InChI is InChI=1S/C16H23NO4/c1-3-21-16(19)13-6-8-17(9-7-13)11-12-4-5-15(20-2)14(18)10-12/h4-5,10,13,18H,3,6-9,11H2,1-2H3. The number of carbonyl (C=O) groups excluding carboxylic acids is 1. The van der Waals surface area contributed by atoms with Crippen molar-refractivity contribution >= 4 is 5.97 Å². The molecule has 0 bridgehead atoms. The minimum absolute atomic E-state index is 0.0328. The summed E-state index contributed by atoms with van der Waals surface area (Å²) in [5.74, 6) is 0.612. The molecule has 1 heterocycles. The maximum atomic E-state index is 11.7. The first-order valence-corrected chi connectivity index (χ1v) is 7.39. The Hall–Kier alpha value is -1.75. The van der Waals surface area contributed by atoms with Gasteiger partial charge in [-0.25, -0.2) is 0 Å². The van der Waals surface area contributed by atoms with Gasteiger partial charge in [-0.1, -0.05) is 6.07 Å². The highest BCUT2D eigenvalue weighted by Gasteiger charge is 2.25. The molecule has 5 heteroatoms. The van der Waals surface area contributed by atoms with E-state index in [0.717, 1.165) is 38.0 Å². The molecule has 1 aliphatic heterocycles. The van der Waals surface area contributed by atoms with Crippen molar-refractivity contribution in [2.45, 2.75) is 26.3 Å². The summed E-state index contributed by atoms with van der Waals surface area (Å²) < 4.78 is 10.1. The summed E-state index contributed by atoms with van der Waals surface area (Å²) in [4.78, 5) is 14.0. The lowest BCUT2D eigenvalue weighted by Gasteiger charge is -2.30. The number of carbonyl (C=O) groups is 1. The second-order valence-corrected chi connectivity index (χ2v) is 5.31. The van der Waals surface area contributed by atoms with E-state index in [1.807, 2.05) is 13.0 Å². The van der Waals surface area contributed by atoms with Crippen molar-refractivity contribution < 1.29 is 19.4 Å². The Morgan fingerprint density at radius 2 is 2.10 bits per heavy atom. The Kier molecular flexibility index (Phi) is 5.44. The quantitative estimate of drug-likeness (QED) is 0.843. The summed E-state index contributed by atoms with van der Waals surface area (Å²) in [5.41, 5.74) is 1.04. The number of ether oxygens (including phenoxy) is 2. The number of esters is 1. The average Bonchev–Trinajstić information content (AvgIpc) is 2.48. The van der Waals surface area contributed by atoms with Crippen LogP contribution in [0.1, 0.15) is 25.3 Å². The molecule has 2 rings (SSSR count). The molecule has 0 aliphatic carbocycles. The predicted octanol–water partition coefficient (Wildman–Crippen LogP) is 2.18. The molecule has 1 aliphatic rings. The van der Waals surface area contributed by atoms with Crippen LogP contribution in [0, 0.1) is 5.92 Å². The summed E-state index contributed by atoms with van der Waals surface area (Å²) in [7, 11) is 1.54. The Morgan fingerprint density at radius 1 is 1.38 bits per heavy atom. The van der Waals surface area contributed by atoms with E-state index in [1.165, 1.54) is 7.11 Å². The minimum atomic E-state index is -0.0701. The fourth-order valence-electron chi connectivity index (χ4n) is 2.68. The van der Waals surface area contributed by atoms with Crippen LogP contribution in [-0.2, 0) is 16.1 Å². The molecule has 1 saturated heterocycles. The van der Waals surface area contributed by atoms with Crippen LogP contribution in [0.15, 0.2) is 18.2 Å². The molecule has 5 nitrogen and oxygen atoms in total. The number of phenols is 1. The van der Waals surface area contributed by atoms with Crippen LogP contribution in [0.4, 0.5) is 0 Å². The summed E-state index contributed by atoms with van der Waals surface area (Å²) in [6.07, 6.45) is 1.67. The van der Waals surface area contributed by atoms with Gasteiger partial charge >= 0.3 is 5.97 Å². The SMILES string of the molecule is CCOC(=O)C1CCN(Cc2ccc(OC)c(O)c2)CC1. The van der Waals surface area contributed by atoms with E-state index < -0.39 is 0 Å². The highest BCUT2D eigenvalue weighted by atomic mass is 16.5. The van der Waals surface area contributed by atoms with Crippen LogP contribution >= 0.6 is 0 Å². The van der Waals surface area contributed by atoms with Crippen LogP contribution in [0.25, 0.3) is 0 Å². The molecule has 0 saturated carbocycles. The van der Waals surface area contributed by atoms with Gasteiger partial charge in [0.15, 0.2) is 11.5 Å². The van der Waals surface area contributed by atoms with Crippen molar-refractivity contribution in [3.05, 3.63) is 23.8 Å². The van der Waals surface area contributed by atoms with Gasteiger partial charge in [0.2, 0.25) is 0 Å². The third-order valence-electron chi connectivity index (χ3n) is 3.86. The molecule has 1 fully saturated rings. The molecule has 0 spiro atoms. The highest BCUT2D eigenvalue weighted by molar-refractivity contribution is 5.72. The van der Waals surface area contributed by atoms with Gasteiger partial charge in [-0.05, 0) is 50.6 Å². The molecule has 0 radical (unpaired) electrons. The van der Waals surface area contributed by atoms with E-state index in [4.69, 9.17) is 9.47 Å². The first-order chi connectivity index (χ1) is 10.1. The lowest BCUT2D eigenvalue weighted by atomic mass is 9.96. The Balaban J connectivity index is 1.86. The molecule has 0 atom stereocenters. The van der Waals surface area contributed by atoms with Crippen molar-refractivity contribution in [1.29, 1.82) is 0 Å². The molecular formula is C16H23NO4. The van der Waals surface area contributed by atoms with Gasteiger partial charge in [-0.15, -0.1) is 0 Å². The summed E-state index contributed by atoms with van der Waals surface area (Å²) in [6, 6.07) is 5.46.